The summed E-state index contributed by atoms with van der Waals surface area (Å²) in [6.45, 7) is 2.05. The summed E-state index contributed by atoms with van der Waals surface area (Å²) in [5.74, 6) is 0.0795. The molecule has 0 saturated carbocycles. The Balaban J connectivity index is 2.22. The molecule has 0 saturated heterocycles. The van der Waals surface area contributed by atoms with Crippen molar-refractivity contribution in [2.45, 2.75) is 6.92 Å². The van der Waals surface area contributed by atoms with Gasteiger partial charge in [0.25, 0.3) is 0 Å². The average Bonchev–Trinajstić information content (AvgIpc) is 2.43. The number of carbonyl (C=O) groups excluding carboxylic acids is 1. The van der Waals surface area contributed by atoms with Crippen LogP contribution in [0.25, 0.3) is 0 Å². The first-order valence-electron chi connectivity index (χ1n) is 6.05. The smallest absolute Gasteiger partial charge is 0.340 e. The average molecular weight is 336 g/mol. The zero-order chi connectivity index (χ0) is 14.5. The number of hydrogen-bond donors (Lipinski definition) is 2. The molecule has 0 fully saturated rings. The highest BCUT2D eigenvalue weighted by Crippen LogP contribution is 2.21. The van der Waals surface area contributed by atoms with Crippen LogP contribution in [0.1, 0.15) is 17.3 Å². The number of nitrogens with zero attached hydrogens (tertiary/aromatic N) is 1. The van der Waals surface area contributed by atoms with E-state index in [1.807, 2.05) is 24.3 Å². The van der Waals surface area contributed by atoms with Crippen LogP contribution < -0.4 is 11.1 Å². The number of halogens is 1. The van der Waals surface area contributed by atoms with Gasteiger partial charge in [0.05, 0.1) is 24.1 Å². The van der Waals surface area contributed by atoms with Gasteiger partial charge in [-0.2, -0.15) is 0 Å². The first kappa shape index (κ1) is 14.3. The normalized spacial score (nSPS) is 10.1. The maximum absolute atomic E-state index is 11.8. The number of nitrogens with two attached hydrogens (primary N) is 1. The third-order valence-electron chi connectivity index (χ3n) is 2.55. The number of rotatable bonds is 4. The van der Waals surface area contributed by atoms with Crippen molar-refractivity contribution < 1.29 is 9.53 Å². The molecule has 6 heteroatoms. The Kier molecular flexibility index (Phi) is 4.57. The fourth-order valence-corrected chi connectivity index (χ4v) is 1.87. The lowest BCUT2D eigenvalue weighted by molar-refractivity contribution is 0.0527. The van der Waals surface area contributed by atoms with Crippen LogP contribution >= 0.6 is 15.9 Å². The fraction of sp³-hybridized carbons (Fsp3) is 0.143. The lowest BCUT2D eigenvalue weighted by Crippen LogP contribution is -2.09. The second kappa shape index (κ2) is 6.38. The number of anilines is 3. The van der Waals surface area contributed by atoms with Crippen LogP contribution in [0.5, 0.6) is 0 Å². The number of pyridine rings is 1. The molecule has 0 atom stereocenters. The maximum Gasteiger partial charge on any atom is 0.340 e. The van der Waals surface area contributed by atoms with E-state index in [0.717, 1.165) is 10.2 Å². The first-order chi connectivity index (χ1) is 9.60. The minimum absolute atomic E-state index is 0.296. The van der Waals surface area contributed by atoms with Crippen LogP contribution in [0.3, 0.4) is 0 Å². The van der Waals surface area contributed by atoms with Gasteiger partial charge in [0.1, 0.15) is 5.82 Å². The molecule has 2 rings (SSSR count). The Morgan fingerprint density at radius 2 is 2.10 bits per heavy atom. The van der Waals surface area contributed by atoms with Crippen molar-refractivity contribution in [1.29, 1.82) is 0 Å². The molecule has 0 amide bonds. The van der Waals surface area contributed by atoms with Gasteiger partial charge in [0, 0.05) is 10.2 Å². The van der Waals surface area contributed by atoms with Gasteiger partial charge in [0.15, 0.2) is 0 Å². The molecule has 1 aromatic heterocycles. The van der Waals surface area contributed by atoms with Gasteiger partial charge >= 0.3 is 5.97 Å². The summed E-state index contributed by atoms with van der Waals surface area (Å²) in [4.78, 5) is 15.9. The van der Waals surface area contributed by atoms with E-state index in [2.05, 4.69) is 26.2 Å². The van der Waals surface area contributed by atoms with Crippen LogP contribution in [-0.2, 0) is 4.74 Å². The summed E-state index contributed by atoms with van der Waals surface area (Å²) in [6.07, 6.45) is 1.44. The van der Waals surface area contributed by atoms with E-state index >= 15 is 0 Å². The molecular weight excluding hydrogens is 322 g/mol. The van der Waals surface area contributed by atoms with E-state index in [4.69, 9.17) is 10.5 Å². The molecule has 0 bridgehead atoms. The minimum atomic E-state index is -0.453. The monoisotopic (exact) mass is 335 g/mol. The molecular formula is C14H14BrN3O2. The van der Waals surface area contributed by atoms with E-state index in [0.29, 0.717) is 23.7 Å². The van der Waals surface area contributed by atoms with Crippen molar-refractivity contribution >= 4 is 39.1 Å². The highest BCUT2D eigenvalue weighted by molar-refractivity contribution is 9.10. The number of nitrogen functional groups attached to an aromatic ring is 1. The summed E-state index contributed by atoms with van der Waals surface area (Å²) in [7, 11) is 0. The number of benzene rings is 1. The SMILES string of the molecule is CCOC(=O)c1cc(Nc2ccc(Br)cc2)ncc1N. The quantitative estimate of drug-likeness (QED) is 0.838. The summed E-state index contributed by atoms with van der Waals surface area (Å²) >= 11 is 3.37. The molecule has 0 unspecified atom stereocenters. The van der Waals surface area contributed by atoms with Crippen LogP contribution in [0, 0.1) is 0 Å². The molecule has 0 aliphatic carbocycles. The van der Waals surface area contributed by atoms with Crippen molar-refractivity contribution in [2.75, 3.05) is 17.7 Å². The van der Waals surface area contributed by atoms with Crippen LogP contribution in [-0.4, -0.2) is 17.6 Å². The first-order valence-corrected chi connectivity index (χ1v) is 6.84. The molecule has 0 radical (unpaired) electrons. The zero-order valence-corrected chi connectivity index (χ0v) is 12.5. The molecule has 104 valence electrons. The summed E-state index contributed by atoms with van der Waals surface area (Å²) in [5.41, 5.74) is 7.20. The number of ether oxygens (including phenoxy) is 1. The molecule has 0 spiro atoms. The molecule has 1 aromatic carbocycles. The second-order valence-corrected chi connectivity index (χ2v) is 4.92. The molecule has 0 aliphatic rings. The fourth-order valence-electron chi connectivity index (χ4n) is 1.60. The highest BCUT2D eigenvalue weighted by atomic mass is 79.9. The van der Waals surface area contributed by atoms with E-state index in [-0.39, 0.29) is 0 Å². The van der Waals surface area contributed by atoms with Crippen molar-refractivity contribution in [3.63, 3.8) is 0 Å². The van der Waals surface area contributed by atoms with Gasteiger partial charge in [-0.3, -0.25) is 0 Å². The Bertz CT molecular complexity index is 614. The van der Waals surface area contributed by atoms with Gasteiger partial charge in [0.2, 0.25) is 0 Å². The van der Waals surface area contributed by atoms with Gasteiger partial charge in [-0.15, -0.1) is 0 Å². The van der Waals surface area contributed by atoms with Crippen molar-refractivity contribution in [1.82, 2.24) is 4.98 Å². The predicted octanol–water partition coefficient (Wildman–Crippen LogP) is 3.35. The number of esters is 1. The second-order valence-electron chi connectivity index (χ2n) is 4.01. The minimum Gasteiger partial charge on any atom is -0.462 e. The third kappa shape index (κ3) is 3.48. The zero-order valence-electron chi connectivity index (χ0n) is 10.9. The Morgan fingerprint density at radius 3 is 2.75 bits per heavy atom. The van der Waals surface area contributed by atoms with E-state index in [1.165, 1.54) is 6.20 Å². The summed E-state index contributed by atoms with van der Waals surface area (Å²) in [5, 5.41) is 3.10. The largest absolute Gasteiger partial charge is 0.462 e. The molecule has 5 nitrogen and oxygen atoms in total. The molecule has 0 aliphatic heterocycles. The van der Waals surface area contributed by atoms with Crippen molar-refractivity contribution in [3.05, 3.63) is 46.6 Å². The standard InChI is InChI=1S/C14H14BrN3O2/c1-2-20-14(19)11-7-13(17-8-12(11)16)18-10-5-3-9(15)4-6-10/h3-8H,2,16H2,1H3,(H,17,18). The van der Waals surface area contributed by atoms with Crippen LogP contribution in [0.2, 0.25) is 0 Å². The highest BCUT2D eigenvalue weighted by Gasteiger charge is 2.12. The van der Waals surface area contributed by atoms with Crippen LogP contribution in [0.4, 0.5) is 17.2 Å². The van der Waals surface area contributed by atoms with Crippen molar-refractivity contribution in [2.24, 2.45) is 0 Å². The number of hydrogen-bond acceptors (Lipinski definition) is 5. The van der Waals surface area contributed by atoms with Crippen molar-refractivity contribution in [3.8, 4) is 0 Å². The summed E-state index contributed by atoms with van der Waals surface area (Å²) < 4.78 is 5.94. The van der Waals surface area contributed by atoms with Gasteiger partial charge in [-0.1, -0.05) is 15.9 Å². The van der Waals surface area contributed by atoms with Crippen LogP contribution in [0.15, 0.2) is 41.0 Å². The third-order valence-corrected chi connectivity index (χ3v) is 3.08. The number of carbonyl (C=O) groups is 1. The van der Waals surface area contributed by atoms with Gasteiger partial charge < -0.3 is 15.8 Å². The Morgan fingerprint density at radius 1 is 1.40 bits per heavy atom. The van der Waals surface area contributed by atoms with E-state index in [9.17, 15) is 4.79 Å². The lowest BCUT2D eigenvalue weighted by Gasteiger charge is -2.09. The van der Waals surface area contributed by atoms with Gasteiger partial charge in [-0.25, -0.2) is 9.78 Å². The Hall–Kier alpha value is -2.08. The molecule has 20 heavy (non-hydrogen) atoms. The van der Waals surface area contributed by atoms with E-state index < -0.39 is 5.97 Å². The molecule has 1 heterocycles. The number of nitrogens with one attached hydrogen (secondary N) is 1. The predicted molar refractivity (Wildman–Crippen MR) is 82.0 cm³/mol. The molecule has 2 aromatic rings. The lowest BCUT2D eigenvalue weighted by atomic mass is 10.2. The van der Waals surface area contributed by atoms with Gasteiger partial charge in [-0.05, 0) is 37.3 Å². The van der Waals surface area contributed by atoms with E-state index in [1.54, 1.807) is 13.0 Å². The summed E-state index contributed by atoms with van der Waals surface area (Å²) in [6, 6.07) is 9.19. The molecule has 3 N–H and O–H groups in total. The number of aromatic nitrogens is 1. The topological polar surface area (TPSA) is 77.2 Å². The Labute approximate surface area is 125 Å². The maximum atomic E-state index is 11.8.